The summed E-state index contributed by atoms with van der Waals surface area (Å²) in [6, 6.07) is 16.8. The Morgan fingerprint density at radius 3 is 2.41 bits per heavy atom. The molecule has 172 valence electrons. The van der Waals surface area contributed by atoms with E-state index in [-0.39, 0.29) is 23.8 Å². The first-order chi connectivity index (χ1) is 15.3. The fraction of sp³-hybridized carbons (Fsp3) is 0.500. The number of rotatable bonds is 6. The van der Waals surface area contributed by atoms with Crippen LogP contribution in [-0.2, 0) is 16.6 Å². The van der Waals surface area contributed by atoms with Gasteiger partial charge in [-0.15, -0.1) is 0 Å². The van der Waals surface area contributed by atoms with E-state index in [2.05, 4.69) is 0 Å². The summed E-state index contributed by atoms with van der Waals surface area (Å²) < 4.78 is 28.4. The predicted octanol–water partition coefficient (Wildman–Crippen LogP) is 4.87. The van der Waals surface area contributed by atoms with Gasteiger partial charge in [0.05, 0.1) is 6.10 Å². The van der Waals surface area contributed by atoms with E-state index in [9.17, 15) is 18.3 Å². The topological polar surface area (TPSA) is 74.7 Å². The van der Waals surface area contributed by atoms with Crippen LogP contribution in [0.1, 0.15) is 78.6 Å². The minimum absolute atomic E-state index is 0.0565. The number of benzene rings is 2. The Balaban J connectivity index is 1.44. The first-order valence-electron chi connectivity index (χ1n) is 11.7. The third kappa shape index (κ3) is 5.13. The molecular weight excluding hydrogens is 422 g/mol. The maximum absolute atomic E-state index is 13.4. The molecule has 1 aliphatic heterocycles. The number of Topliss-reactive ketones (excluding diaryl/α,β-unsaturated/α-hetero) is 1. The Bertz CT molecular complexity index is 1020. The molecule has 32 heavy (non-hydrogen) atoms. The highest BCUT2D eigenvalue weighted by Gasteiger charge is 2.40. The zero-order valence-corrected chi connectivity index (χ0v) is 19.5. The largest absolute Gasteiger partial charge is 0.393 e. The summed E-state index contributed by atoms with van der Waals surface area (Å²) in [5.41, 5.74) is 2.39. The molecule has 0 aromatic heterocycles. The van der Waals surface area contributed by atoms with Gasteiger partial charge in [-0.25, -0.2) is 8.42 Å². The van der Waals surface area contributed by atoms with Gasteiger partial charge in [0, 0.05) is 24.6 Å². The average molecular weight is 456 g/mol. The predicted molar refractivity (Wildman–Crippen MR) is 126 cm³/mol. The summed E-state index contributed by atoms with van der Waals surface area (Å²) in [5.74, 6) is 0.346. The van der Waals surface area contributed by atoms with Crippen molar-refractivity contribution in [2.24, 2.45) is 5.92 Å². The lowest BCUT2D eigenvalue weighted by Crippen LogP contribution is -2.44. The van der Waals surface area contributed by atoms with Crippen molar-refractivity contribution in [3.8, 4) is 0 Å². The van der Waals surface area contributed by atoms with E-state index >= 15 is 0 Å². The molecule has 2 aromatic rings. The monoisotopic (exact) mass is 455 g/mol. The van der Waals surface area contributed by atoms with Crippen LogP contribution >= 0.6 is 0 Å². The zero-order valence-electron chi connectivity index (χ0n) is 18.7. The summed E-state index contributed by atoms with van der Waals surface area (Å²) in [6.07, 6.45) is 5.15. The van der Waals surface area contributed by atoms with Crippen molar-refractivity contribution in [3.05, 3.63) is 71.3 Å². The molecule has 0 bridgehead atoms. The van der Waals surface area contributed by atoms with E-state index in [1.807, 2.05) is 61.5 Å². The van der Waals surface area contributed by atoms with E-state index in [4.69, 9.17) is 0 Å². The van der Waals surface area contributed by atoms with E-state index in [1.54, 1.807) is 4.31 Å². The molecule has 2 fully saturated rings. The van der Waals surface area contributed by atoms with Gasteiger partial charge in [0.2, 0.25) is 10.0 Å². The lowest BCUT2D eigenvalue weighted by molar-refractivity contribution is 0.0823. The van der Waals surface area contributed by atoms with Crippen LogP contribution in [0.15, 0.2) is 54.6 Å². The summed E-state index contributed by atoms with van der Waals surface area (Å²) in [7, 11) is -3.47. The molecule has 1 aliphatic carbocycles. The highest BCUT2D eigenvalue weighted by atomic mass is 32.2. The third-order valence-electron chi connectivity index (χ3n) is 7.04. The second-order valence-corrected chi connectivity index (χ2v) is 11.5. The molecule has 4 atom stereocenters. The molecule has 2 aliphatic rings. The molecule has 0 radical (unpaired) electrons. The van der Waals surface area contributed by atoms with Crippen LogP contribution in [0.2, 0.25) is 0 Å². The summed E-state index contributed by atoms with van der Waals surface area (Å²) in [4.78, 5) is 12.7. The van der Waals surface area contributed by atoms with Crippen LogP contribution in [0.4, 0.5) is 0 Å². The van der Waals surface area contributed by atoms with Gasteiger partial charge in [0.15, 0.2) is 5.78 Å². The first kappa shape index (κ1) is 23.1. The normalized spacial score (nSPS) is 28.3. The molecule has 1 saturated heterocycles. The van der Waals surface area contributed by atoms with Gasteiger partial charge < -0.3 is 5.11 Å². The quantitative estimate of drug-likeness (QED) is 0.631. The fourth-order valence-electron chi connectivity index (χ4n) is 5.16. The first-order valence-corrected chi connectivity index (χ1v) is 13.2. The lowest BCUT2D eigenvalue weighted by atomic mass is 9.83. The average Bonchev–Trinajstić information content (AvgIpc) is 2.77. The number of carbonyl (C=O) groups is 1. The van der Waals surface area contributed by atoms with Crippen molar-refractivity contribution in [3.63, 3.8) is 0 Å². The van der Waals surface area contributed by atoms with Gasteiger partial charge in [-0.1, -0.05) is 61.0 Å². The van der Waals surface area contributed by atoms with Crippen LogP contribution < -0.4 is 0 Å². The maximum atomic E-state index is 13.4. The maximum Gasteiger partial charge on any atom is 0.221 e. The van der Waals surface area contributed by atoms with Crippen LogP contribution in [0.25, 0.3) is 0 Å². The van der Waals surface area contributed by atoms with Gasteiger partial charge >= 0.3 is 0 Å². The number of nitrogens with zero attached hydrogens (tertiary/aromatic N) is 1. The van der Waals surface area contributed by atoms with E-state index < -0.39 is 15.3 Å². The van der Waals surface area contributed by atoms with Gasteiger partial charge in [0.25, 0.3) is 0 Å². The summed E-state index contributed by atoms with van der Waals surface area (Å²) >= 11 is 0. The number of sulfonamides is 1. The van der Waals surface area contributed by atoms with E-state index in [1.165, 1.54) is 0 Å². The molecule has 0 spiro atoms. The number of aliphatic hydroxyl groups is 1. The summed E-state index contributed by atoms with van der Waals surface area (Å²) in [5, 5.41) is 9.34. The molecule has 2 aromatic carbocycles. The molecule has 5 nitrogen and oxygen atoms in total. The Kier molecular flexibility index (Phi) is 7.13. The molecule has 1 saturated carbocycles. The molecule has 1 N–H and O–H groups in total. The van der Waals surface area contributed by atoms with Crippen LogP contribution in [0, 0.1) is 5.92 Å². The van der Waals surface area contributed by atoms with E-state index in [0.29, 0.717) is 31.4 Å². The van der Waals surface area contributed by atoms with Crippen molar-refractivity contribution in [2.45, 2.75) is 75.8 Å². The minimum atomic E-state index is -3.47. The molecule has 3 unspecified atom stereocenters. The molecule has 4 rings (SSSR count). The summed E-state index contributed by atoms with van der Waals surface area (Å²) in [6.45, 7) is 2.28. The van der Waals surface area contributed by atoms with Crippen molar-refractivity contribution in [1.82, 2.24) is 4.31 Å². The second-order valence-electron chi connectivity index (χ2n) is 9.43. The zero-order chi connectivity index (χ0) is 22.7. The minimum Gasteiger partial charge on any atom is -0.393 e. The Hall–Kier alpha value is -2.02. The van der Waals surface area contributed by atoms with Crippen molar-refractivity contribution in [2.75, 3.05) is 0 Å². The Morgan fingerprint density at radius 2 is 1.72 bits per heavy atom. The highest BCUT2D eigenvalue weighted by Crippen LogP contribution is 2.38. The molecular formula is C26H33NO4S. The Morgan fingerprint density at radius 1 is 1.00 bits per heavy atom. The number of carbonyl (C=O) groups excluding carboxylic acids is 1. The highest BCUT2D eigenvalue weighted by molar-refractivity contribution is 7.89. The number of aliphatic hydroxyl groups excluding tert-OH is 1. The lowest BCUT2D eigenvalue weighted by Gasteiger charge is -2.37. The van der Waals surface area contributed by atoms with Crippen molar-refractivity contribution < 1.29 is 18.3 Å². The van der Waals surface area contributed by atoms with Crippen molar-refractivity contribution >= 4 is 15.8 Å². The second kappa shape index (κ2) is 9.86. The number of hydrogen-bond acceptors (Lipinski definition) is 4. The van der Waals surface area contributed by atoms with Crippen molar-refractivity contribution in [1.29, 1.82) is 0 Å². The number of hydrogen-bond donors (Lipinski definition) is 1. The molecule has 0 amide bonds. The van der Waals surface area contributed by atoms with Crippen LogP contribution in [0.3, 0.4) is 0 Å². The van der Waals surface area contributed by atoms with Gasteiger partial charge in [-0.3, -0.25) is 4.79 Å². The smallest absolute Gasteiger partial charge is 0.221 e. The third-order valence-corrected chi connectivity index (χ3v) is 9.41. The van der Waals surface area contributed by atoms with Gasteiger partial charge in [-0.05, 0) is 56.1 Å². The SMILES string of the molecule is C[C@H]1CCC(c2ccccc2)S(=O)(=O)N1Cc1ccc(C(=O)CC2CCCC(O)C2)cc1. The van der Waals surface area contributed by atoms with Crippen LogP contribution in [0.5, 0.6) is 0 Å². The van der Waals surface area contributed by atoms with E-state index in [0.717, 1.165) is 36.8 Å². The molecule has 6 heteroatoms. The number of ketones is 1. The van der Waals surface area contributed by atoms with Gasteiger partial charge in [0.1, 0.15) is 5.25 Å². The standard InChI is InChI=1S/C26H33NO4S/c1-19-10-15-26(23-7-3-2-4-8-23)32(30,31)27(19)18-20-11-13-22(14-12-20)25(29)17-21-6-5-9-24(28)16-21/h2-4,7-8,11-14,19,21,24,26,28H,5-6,9-10,15-18H2,1H3/t19-,21?,24?,26?/m0/s1. The Labute approximate surface area is 191 Å². The van der Waals surface area contributed by atoms with Gasteiger partial charge in [-0.2, -0.15) is 4.31 Å². The van der Waals surface area contributed by atoms with Crippen LogP contribution in [-0.4, -0.2) is 35.8 Å². The fourth-order valence-corrected chi connectivity index (χ4v) is 7.35. The molecule has 1 heterocycles.